The molecule has 1 aliphatic rings. The van der Waals surface area contributed by atoms with Gasteiger partial charge in [0, 0.05) is 17.8 Å². The van der Waals surface area contributed by atoms with Gasteiger partial charge in [0.15, 0.2) is 0 Å². The molecule has 2 aromatic carbocycles. The van der Waals surface area contributed by atoms with Crippen LogP contribution in [-0.2, 0) is 0 Å². The van der Waals surface area contributed by atoms with Gasteiger partial charge in [0.05, 0.1) is 16.9 Å². The number of amides is 1. The number of nitrogens with zero attached hydrogens (tertiary/aromatic N) is 1. The van der Waals surface area contributed by atoms with Crippen molar-refractivity contribution in [3.8, 4) is 16.9 Å². The lowest BCUT2D eigenvalue weighted by Gasteiger charge is -2.13. The molecule has 1 aliphatic carbocycles. The molecular formula is C21H18F2N2O. The topological polar surface area (TPSA) is 34.0 Å². The van der Waals surface area contributed by atoms with E-state index in [1.165, 1.54) is 12.1 Å². The highest BCUT2D eigenvalue weighted by molar-refractivity contribution is 5.97. The maximum Gasteiger partial charge on any atom is 0.253 e. The van der Waals surface area contributed by atoms with Crippen molar-refractivity contribution < 1.29 is 13.6 Å². The van der Waals surface area contributed by atoms with Crippen molar-refractivity contribution in [1.29, 1.82) is 0 Å². The molecule has 26 heavy (non-hydrogen) atoms. The zero-order chi connectivity index (χ0) is 18.3. The minimum atomic E-state index is -0.671. The number of halogens is 2. The van der Waals surface area contributed by atoms with Crippen LogP contribution in [0.25, 0.3) is 16.9 Å². The largest absolute Gasteiger partial charge is 0.349 e. The van der Waals surface area contributed by atoms with Gasteiger partial charge in [0.25, 0.3) is 5.91 Å². The number of nitrogens with one attached hydrogen (secondary N) is 1. The van der Waals surface area contributed by atoms with Crippen LogP contribution in [0.4, 0.5) is 8.78 Å². The van der Waals surface area contributed by atoms with Gasteiger partial charge in [0.2, 0.25) is 0 Å². The molecular weight excluding hydrogens is 334 g/mol. The summed E-state index contributed by atoms with van der Waals surface area (Å²) < 4.78 is 29.5. The van der Waals surface area contributed by atoms with Gasteiger partial charge in [-0.3, -0.25) is 4.79 Å². The molecule has 0 spiro atoms. The first-order chi connectivity index (χ1) is 12.5. The Morgan fingerprint density at radius 1 is 1.08 bits per heavy atom. The van der Waals surface area contributed by atoms with Gasteiger partial charge >= 0.3 is 0 Å². The molecule has 1 fully saturated rings. The van der Waals surface area contributed by atoms with Crippen molar-refractivity contribution in [3.05, 3.63) is 77.5 Å². The summed E-state index contributed by atoms with van der Waals surface area (Å²) in [5.74, 6) is -1.47. The molecule has 1 N–H and O–H groups in total. The second kappa shape index (κ2) is 6.41. The van der Waals surface area contributed by atoms with Crippen molar-refractivity contribution in [3.63, 3.8) is 0 Å². The van der Waals surface area contributed by atoms with Crippen LogP contribution < -0.4 is 5.32 Å². The Bertz CT molecular complexity index is 975. The molecule has 0 radical (unpaired) electrons. The Hall–Kier alpha value is -2.95. The van der Waals surface area contributed by atoms with Crippen LogP contribution in [0.2, 0.25) is 0 Å². The van der Waals surface area contributed by atoms with Crippen molar-refractivity contribution in [2.75, 3.05) is 0 Å². The minimum absolute atomic E-state index is 0.163. The van der Waals surface area contributed by atoms with Gasteiger partial charge in [-0.15, -0.1) is 0 Å². The first-order valence-corrected chi connectivity index (χ1v) is 8.58. The van der Waals surface area contributed by atoms with Crippen molar-refractivity contribution in [2.24, 2.45) is 0 Å². The summed E-state index contributed by atoms with van der Waals surface area (Å²) in [5, 5.41) is 2.97. The highest BCUT2D eigenvalue weighted by Gasteiger charge is 2.27. The van der Waals surface area contributed by atoms with Crippen LogP contribution in [0.15, 0.2) is 54.6 Å². The van der Waals surface area contributed by atoms with Gasteiger partial charge < -0.3 is 9.88 Å². The van der Waals surface area contributed by atoms with E-state index >= 15 is 0 Å². The van der Waals surface area contributed by atoms with E-state index in [0.717, 1.165) is 24.5 Å². The van der Waals surface area contributed by atoms with Crippen molar-refractivity contribution in [1.82, 2.24) is 9.88 Å². The van der Waals surface area contributed by atoms with E-state index in [9.17, 15) is 13.6 Å². The normalized spacial score (nSPS) is 13.7. The Labute approximate surface area is 150 Å². The van der Waals surface area contributed by atoms with Crippen LogP contribution in [-0.4, -0.2) is 16.5 Å². The maximum atomic E-state index is 14.5. The predicted octanol–water partition coefficient (Wildman–Crippen LogP) is 4.62. The minimum Gasteiger partial charge on any atom is -0.349 e. The number of rotatable bonds is 4. The molecule has 3 aromatic rings. The Morgan fingerprint density at radius 2 is 1.81 bits per heavy atom. The van der Waals surface area contributed by atoms with Crippen LogP contribution in [0.1, 0.15) is 28.9 Å². The molecule has 1 saturated carbocycles. The second-order valence-corrected chi connectivity index (χ2v) is 6.57. The Balaban J connectivity index is 1.89. The molecule has 0 bridgehead atoms. The summed E-state index contributed by atoms with van der Waals surface area (Å²) >= 11 is 0. The fourth-order valence-corrected chi connectivity index (χ4v) is 3.12. The van der Waals surface area contributed by atoms with E-state index in [-0.39, 0.29) is 17.6 Å². The fraction of sp³-hybridized carbons (Fsp3) is 0.190. The van der Waals surface area contributed by atoms with Gasteiger partial charge in [-0.25, -0.2) is 8.78 Å². The summed E-state index contributed by atoms with van der Waals surface area (Å²) in [6.07, 6.45) is 1.98. The monoisotopic (exact) mass is 352 g/mol. The fourth-order valence-electron chi connectivity index (χ4n) is 3.12. The van der Waals surface area contributed by atoms with Gasteiger partial charge in [-0.05, 0) is 43.5 Å². The number of aromatic nitrogens is 1. The quantitative estimate of drug-likeness (QED) is 0.730. The molecule has 0 atom stereocenters. The summed E-state index contributed by atoms with van der Waals surface area (Å²) in [6, 6.07) is 14.9. The molecule has 4 rings (SSSR count). The number of carbonyl (C=O) groups is 1. The van der Waals surface area contributed by atoms with E-state index in [4.69, 9.17) is 0 Å². The molecule has 1 aromatic heterocycles. The van der Waals surface area contributed by atoms with E-state index in [0.29, 0.717) is 17.0 Å². The summed E-state index contributed by atoms with van der Waals surface area (Å²) in [5.41, 5.74) is 2.87. The zero-order valence-corrected chi connectivity index (χ0v) is 14.3. The third-order valence-electron chi connectivity index (χ3n) is 4.62. The molecule has 132 valence electrons. The average Bonchev–Trinajstić information content (AvgIpc) is 3.37. The van der Waals surface area contributed by atoms with E-state index < -0.39 is 11.6 Å². The number of benzene rings is 2. The molecule has 1 heterocycles. The van der Waals surface area contributed by atoms with E-state index in [1.807, 2.05) is 30.3 Å². The molecule has 1 amide bonds. The predicted molar refractivity (Wildman–Crippen MR) is 96.3 cm³/mol. The second-order valence-electron chi connectivity index (χ2n) is 6.57. The van der Waals surface area contributed by atoms with Crippen molar-refractivity contribution >= 4 is 5.91 Å². The first kappa shape index (κ1) is 16.5. The third kappa shape index (κ3) is 3.01. The molecule has 0 aliphatic heterocycles. The highest BCUT2D eigenvalue weighted by atomic mass is 19.1. The van der Waals surface area contributed by atoms with Crippen molar-refractivity contribution in [2.45, 2.75) is 25.8 Å². The average molecular weight is 352 g/mol. The zero-order valence-electron chi connectivity index (χ0n) is 14.3. The van der Waals surface area contributed by atoms with Crippen LogP contribution in [0.5, 0.6) is 0 Å². The lowest BCUT2D eigenvalue weighted by molar-refractivity contribution is 0.0950. The summed E-state index contributed by atoms with van der Waals surface area (Å²) in [7, 11) is 0. The molecule has 3 nitrogen and oxygen atoms in total. The smallest absolute Gasteiger partial charge is 0.253 e. The molecule has 5 heteroatoms. The SMILES string of the molecule is Cc1c(C(=O)NC2CC2)cc(-c2ccccc2)n1-c1ccc(F)cc1F. The number of hydrogen-bond donors (Lipinski definition) is 1. The van der Waals surface area contributed by atoms with Gasteiger partial charge in [-0.1, -0.05) is 30.3 Å². The van der Waals surface area contributed by atoms with E-state index in [1.54, 1.807) is 17.6 Å². The van der Waals surface area contributed by atoms with E-state index in [2.05, 4.69) is 5.32 Å². The standard InChI is InChI=1S/C21H18F2N2O/c1-13-17(21(26)24-16-8-9-16)12-20(14-5-3-2-4-6-14)25(13)19-10-7-15(22)11-18(19)23/h2-7,10-12,16H,8-9H2,1H3,(H,24,26). The van der Waals surface area contributed by atoms with Gasteiger partial charge in [0.1, 0.15) is 11.6 Å². The Kier molecular flexibility index (Phi) is 4.07. The maximum absolute atomic E-state index is 14.5. The van der Waals surface area contributed by atoms with Crippen LogP contribution in [0.3, 0.4) is 0 Å². The Morgan fingerprint density at radius 3 is 2.46 bits per heavy atom. The number of carbonyl (C=O) groups excluding carboxylic acids is 1. The molecule has 0 saturated heterocycles. The summed E-state index contributed by atoms with van der Waals surface area (Å²) in [6.45, 7) is 1.77. The van der Waals surface area contributed by atoms with Crippen LogP contribution >= 0.6 is 0 Å². The van der Waals surface area contributed by atoms with Crippen LogP contribution in [0, 0.1) is 18.6 Å². The lowest BCUT2D eigenvalue weighted by Crippen LogP contribution is -2.25. The molecule has 0 unspecified atom stereocenters. The first-order valence-electron chi connectivity index (χ1n) is 8.58. The highest BCUT2D eigenvalue weighted by Crippen LogP contribution is 2.31. The van der Waals surface area contributed by atoms with Gasteiger partial charge in [-0.2, -0.15) is 0 Å². The number of hydrogen-bond acceptors (Lipinski definition) is 1. The lowest BCUT2D eigenvalue weighted by atomic mass is 10.1. The third-order valence-corrected chi connectivity index (χ3v) is 4.62. The summed E-state index contributed by atoms with van der Waals surface area (Å²) in [4.78, 5) is 12.6.